The number of hydroxylamine groups is 6. The van der Waals surface area contributed by atoms with Gasteiger partial charge in [-0.3, -0.25) is 39.6 Å². The second kappa shape index (κ2) is 25.1. The van der Waals surface area contributed by atoms with Crippen LogP contribution in [-0.2, 0) is 24.0 Å². The number of carbonyl (C=O) groups excluding carboxylic acids is 5. The third-order valence-corrected chi connectivity index (χ3v) is 6.81. The van der Waals surface area contributed by atoms with Gasteiger partial charge < -0.3 is 16.0 Å². The van der Waals surface area contributed by atoms with Crippen LogP contribution in [0.2, 0.25) is 0 Å². The molecule has 254 valence electrons. The van der Waals surface area contributed by atoms with E-state index >= 15 is 0 Å². The van der Waals surface area contributed by atoms with Crippen molar-refractivity contribution in [1.82, 2.24) is 31.1 Å². The molecule has 0 heterocycles. The highest BCUT2D eigenvalue weighted by Crippen LogP contribution is 2.06. The minimum atomic E-state index is -0.517. The van der Waals surface area contributed by atoms with Crippen molar-refractivity contribution in [2.75, 3.05) is 39.3 Å². The molecule has 0 aromatic rings. The summed E-state index contributed by atoms with van der Waals surface area (Å²) in [5.74, 6) is -1.61. The van der Waals surface area contributed by atoms with Crippen LogP contribution in [0.15, 0.2) is 12.3 Å². The van der Waals surface area contributed by atoms with Crippen molar-refractivity contribution in [2.24, 2.45) is 5.92 Å². The first kappa shape index (κ1) is 40.8. The average Bonchev–Trinajstić information content (AvgIpc) is 2.98. The smallest absolute Gasteiger partial charge is 0.246 e. The van der Waals surface area contributed by atoms with Crippen molar-refractivity contribution in [3.63, 3.8) is 0 Å². The summed E-state index contributed by atoms with van der Waals surface area (Å²) in [5, 5.41) is 39.9. The van der Waals surface area contributed by atoms with Crippen molar-refractivity contribution < 1.29 is 39.6 Å². The van der Waals surface area contributed by atoms with Gasteiger partial charge in [-0.05, 0) is 64.2 Å². The van der Waals surface area contributed by atoms with Crippen molar-refractivity contribution in [3.05, 3.63) is 12.3 Å². The van der Waals surface area contributed by atoms with Crippen LogP contribution < -0.4 is 16.0 Å². The van der Waals surface area contributed by atoms with E-state index in [0.29, 0.717) is 67.6 Å². The summed E-state index contributed by atoms with van der Waals surface area (Å²) in [7, 11) is 0. The third-order valence-electron chi connectivity index (χ3n) is 6.81. The fraction of sp³-hybridized carbons (Fsp3) is 0.767. The largest absolute Gasteiger partial charge is 0.389 e. The number of carbonyl (C=O) groups is 5. The Labute approximate surface area is 262 Å². The Bertz CT molecular complexity index is 886. The fourth-order valence-electron chi connectivity index (χ4n) is 3.92. The van der Waals surface area contributed by atoms with E-state index in [-0.39, 0.29) is 62.5 Å². The van der Waals surface area contributed by atoms with Gasteiger partial charge in [0.05, 0.1) is 0 Å². The molecule has 5 amide bonds. The number of unbranched alkanes of at least 4 members (excludes halogenated alkanes) is 6. The van der Waals surface area contributed by atoms with Crippen LogP contribution in [0.5, 0.6) is 0 Å². The third kappa shape index (κ3) is 22.3. The molecule has 44 heavy (non-hydrogen) atoms. The molecule has 0 aliphatic rings. The van der Waals surface area contributed by atoms with Crippen LogP contribution in [0.3, 0.4) is 0 Å². The topological polar surface area (TPSA) is 192 Å². The highest BCUT2D eigenvalue weighted by atomic mass is 16.5. The van der Waals surface area contributed by atoms with Crippen molar-refractivity contribution in [3.8, 4) is 0 Å². The standard InChI is InChI=1S/C30H56N6O8/c1-24(2)30(41)33-20-10-7-13-22-35(43)28(39)16-14-25(3)31-18-8-5-12-23-36(44)29(40)17-15-27(38)32-19-9-6-11-21-34(42)26(4)37/h24,31,42-44H,3,5-23H2,1-2,4H3,(H,32,38)(H,33,41). The van der Waals surface area contributed by atoms with Crippen LogP contribution in [0.25, 0.3) is 0 Å². The molecule has 0 saturated carbocycles. The quantitative estimate of drug-likeness (QED) is 0.0475. The first-order chi connectivity index (χ1) is 20.8. The number of hydrogen-bond donors (Lipinski definition) is 6. The molecule has 0 radical (unpaired) electrons. The maximum absolute atomic E-state index is 12.1. The molecule has 0 aliphatic heterocycles. The van der Waals surface area contributed by atoms with E-state index in [1.807, 2.05) is 13.8 Å². The maximum atomic E-state index is 12.1. The Balaban J connectivity index is 3.77. The monoisotopic (exact) mass is 628 g/mol. The molecule has 14 nitrogen and oxygen atoms in total. The number of nitrogens with one attached hydrogen (secondary N) is 3. The highest BCUT2D eigenvalue weighted by molar-refractivity contribution is 5.83. The lowest BCUT2D eigenvalue weighted by atomic mass is 10.2. The summed E-state index contributed by atoms with van der Waals surface area (Å²) in [5.41, 5.74) is 0.690. The summed E-state index contributed by atoms with van der Waals surface area (Å²) in [6.07, 6.45) is 6.76. The number of nitrogens with zero attached hydrogens (tertiary/aromatic N) is 3. The lowest BCUT2D eigenvalue weighted by molar-refractivity contribution is -0.166. The molecular weight excluding hydrogens is 572 g/mol. The van der Waals surface area contributed by atoms with E-state index < -0.39 is 11.8 Å². The zero-order chi connectivity index (χ0) is 33.3. The van der Waals surface area contributed by atoms with Crippen LogP contribution in [0, 0.1) is 5.92 Å². The van der Waals surface area contributed by atoms with E-state index in [9.17, 15) is 39.6 Å². The molecule has 6 N–H and O–H groups in total. The Hall–Kier alpha value is -3.23. The zero-order valence-corrected chi connectivity index (χ0v) is 26.9. The first-order valence-corrected chi connectivity index (χ1v) is 15.8. The summed E-state index contributed by atoms with van der Waals surface area (Å²) in [6, 6.07) is 0. The Morgan fingerprint density at radius 2 is 1.02 bits per heavy atom. The minimum absolute atomic E-state index is 0.0163. The molecule has 0 fully saturated rings. The maximum Gasteiger partial charge on any atom is 0.246 e. The van der Waals surface area contributed by atoms with Crippen molar-refractivity contribution in [2.45, 2.75) is 104 Å². The van der Waals surface area contributed by atoms with Gasteiger partial charge in [0, 0.05) is 77.1 Å². The molecular formula is C30H56N6O8. The van der Waals surface area contributed by atoms with Crippen molar-refractivity contribution in [1.29, 1.82) is 0 Å². The summed E-state index contributed by atoms with van der Waals surface area (Å²) < 4.78 is 0. The van der Waals surface area contributed by atoms with Crippen LogP contribution >= 0.6 is 0 Å². The van der Waals surface area contributed by atoms with Gasteiger partial charge in [0.25, 0.3) is 0 Å². The number of amides is 5. The van der Waals surface area contributed by atoms with Crippen LogP contribution in [0.4, 0.5) is 0 Å². The van der Waals surface area contributed by atoms with Gasteiger partial charge in [-0.15, -0.1) is 0 Å². The molecule has 0 aliphatic carbocycles. The van der Waals surface area contributed by atoms with E-state index in [2.05, 4.69) is 22.5 Å². The van der Waals surface area contributed by atoms with Crippen LogP contribution in [-0.4, -0.2) is 99.6 Å². The molecule has 0 aromatic carbocycles. The molecule has 0 unspecified atom stereocenters. The van der Waals surface area contributed by atoms with Gasteiger partial charge >= 0.3 is 0 Å². The SMILES string of the molecule is C=C(CCC(=O)N(O)CCCCCNC(=O)C(C)C)NCCCCCN(O)C(=O)CCC(=O)NCCCCCN(O)C(C)=O. The van der Waals surface area contributed by atoms with Gasteiger partial charge in [-0.1, -0.05) is 20.4 Å². The van der Waals surface area contributed by atoms with Gasteiger partial charge in [-0.25, -0.2) is 15.2 Å². The minimum Gasteiger partial charge on any atom is -0.389 e. The normalized spacial score (nSPS) is 10.7. The van der Waals surface area contributed by atoms with Gasteiger partial charge in [-0.2, -0.15) is 0 Å². The molecule has 0 bridgehead atoms. The molecule has 0 atom stereocenters. The molecule has 0 rings (SSSR count). The summed E-state index contributed by atoms with van der Waals surface area (Å²) in [6.45, 7) is 11.1. The van der Waals surface area contributed by atoms with Gasteiger partial charge in [0.1, 0.15) is 0 Å². The first-order valence-electron chi connectivity index (χ1n) is 15.8. The lowest BCUT2D eigenvalue weighted by Crippen LogP contribution is -2.31. The van der Waals surface area contributed by atoms with E-state index in [1.54, 1.807) is 0 Å². The molecule has 14 heteroatoms. The van der Waals surface area contributed by atoms with E-state index in [0.717, 1.165) is 37.2 Å². The molecule has 0 saturated heterocycles. The zero-order valence-electron chi connectivity index (χ0n) is 26.9. The Morgan fingerprint density at radius 1 is 0.591 bits per heavy atom. The number of allylic oxidation sites excluding steroid dienone is 1. The second-order valence-corrected chi connectivity index (χ2v) is 11.2. The Morgan fingerprint density at radius 3 is 1.50 bits per heavy atom. The summed E-state index contributed by atoms with van der Waals surface area (Å²) >= 11 is 0. The average molecular weight is 629 g/mol. The lowest BCUT2D eigenvalue weighted by Gasteiger charge is -2.16. The number of hydrogen-bond acceptors (Lipinski definition) is 9. The fourth-order valence-corrected chi connectivity index (χ4v) is 3.92. The summed E-state index contributed by atoms with van der Waals surface area (Å²) in [4.78, 5) is 58.5. The highest BCUT2D eigenvalue weighted by Gasteiger charge is 2.14. The predicted octanol–water partition coefficient (Wildman–Crippen LogP) is 2.72. The van der Waals surface area contributed by atoms with Gasteiger partial charge in [0.2, 0.25) is 29.5 Å². The number of rotatable bonds is 26. The molecule has 0 aromatic heterocycles. The van der Waals surface area contributed by atoms with Crippen molar-refractivity contribution >= 4 is 29.5 Å². The van der Waals surface area contributed by atoms with Gasteiger partial charge in [0.15, 0.2) is 0 Å². The van der Waals surface area contributed by atoms with Crippen LogP contribution in [0.1, 0.15) is 104 Å². The predicted molar refractivity (Wildman–Crippen MR) is 164 cm³/mol. The molecule has 0 spiro atoms. The van der Waals surface area contributed by atoms with E-state index in [4.69, 9.17) is 0 Å². The van der Waals surface area contributed by atoms with E-state index in [1.165, 1.54) is 6.92 Å². The second-order valence-electron chi connectivity index (χ2n) is 11.2. The Kier molecular flexibility index (Phi) is 23.3.